The molecule has 0 aliphatic carbocycles. The molecule has 3 amide bonds. The van der Waals surface area contributed by atoms with Gasteiger partial charge in [-0.15, -0.1) is 0 Å². The summed E-state index contributed by atoms with van der Waals surface area (Å²) in [6.45, 7) is 2.00. The van der Waals surface area contributed by atoms with Gasteiger partial charge < -0.3 is 10.2 Å². The van der Waals surface area contributed by atoms with Crippen LogP contribution >= 0.6 is 0 Å². The fourth-order valence-electron chi connectivity index (χ4n) is 3.66. The van der Waals surface area contributed by atoms with Crippen molar-refractivity contribution in [1.82, 2.24) is 20.0 Å². The SMILES string of the molecule is Cn1cc([C@@H]2CCCN2C(=O)c2cccc(N3CCNC3=O)c2)cn1. The van der Waals surface area contributed by atoms with Crippen LogP contribution < -0.4 is 10.2 Å². The van der Waals surface area contributed by atoms with Crippen LogP contribution in [0.4, 0.5) is 10.5 Å². The summed E-state index contributed by atoms with van der Waals surface area (Å²) in [5.41, 5.74) is 2.45. The zero-order valence-corrected chi connectivity index (χ0v) is 14.2. The molecule has 0 saturated carbocycles. The van der Waals surface area contributed by atoms with Crippen LogP contribution in [0.3, 0.4) is 0 Å². The zero-order chi connectivity index (χ0) is 17.4. The monoisotopic (exact) mass is 339 g/mol. The molecule has 2 saturated heterocycles. The smallest absolute Gasteiger partial charge is 0.321 e. The van der Waals surface area contributed by atoms with Crippen LogP contribution in [-0.2, 0) is 7.05 Å². The zero-order valence-electron chi connectivity index (χ0n) is 14.2. The van der Waals surface area contributed by atoms with E-state index in [1.165, 1.54) is 0 Å². The molecule has 1 N–H and O–H groups in total. The topological polar surface area (TPSA) is 70.5 Å². The number of nitrogens with one attached hydrogen (secondary N) is 1. The molecule has 7 nitrogen and oxygen atoms in total. The number of hydrogen-bond donors (Lipinski definition) is 1. The molecule has 1 atom stereocenters. The second-order valence-corrected chi connectivity index (χ2v) is 6.54. The largest absolute Gasteiger partial charge is 0.336 e. The normalized spacial score (nSPS) is 20.2. The lowest BCUT2D eigenvalue weighted by Crippen LogP contribution is -2.31. The maximum Gasteiger partial charge on any atom is 0.321 e. The molecular weight excluding hydrogens is 318 g/mol. The van der Waals surface area contributed by atoms with E-state index >= 15 is 0 Å². The highest BCUT2D eigenvalue weighted by Crippen LogP contribution is 2.33. The number of rotatable bonds is 3. The molecule has 0 bridgehead atoms. The lowest BCUT2D eigenvalue weighted by Gasteiger charge is -2.24. The number of aryl methyl sites for hydroxylation is 1. The Morgan fingerprint density at radius 1 is 1.32 bits per heavy atom. The van der Waals surface area contributed by atoms with E-state index in [4.69, 9.17) is 0 Å². The summed E-state index contributed by atoms with van der Waals surface area (Å²) in [5.74, 6) is 0.00723. The van der Waals surface area contributed by atoms with E-state index in [1.807, 2.05) is 48.6 Å². The Bertz CT molecular complexity index is 815. The third kappa shape index (κ3) is 2.86. The van der Waals surface area contributed by atoms with Gasteiger partial charge in [0.1, 0.15) is 0 Å². The van der Waals surface area contributed by atoms with Crippen LogP contribution in [0.5, 0.6) is 0 Å². The van der Waals surface area contributed by atoms with E-state index < -0.39 is 0 Å². The first-order valence-corrected chi connectivity index (χ1v) is 8.58. The summed E-state index contributed by atoms with van der Waals surface area (Å²) in [7, 11) is 1.88. The number of aromatic nitrogens is 2. The Kier molecular flexibility index (Phi) is 3.91. The van der Waals surface area contributed by atoms with Crippen molar-refractivity contribution in [2.24, 2.45) is 7.05 Å². The minimum atomic E-state index is -0.112. The molecule has 25 heavy (non-hydrogen) atoms. The van der Waals surface area contributed by atoms with Crippen molar-refractivity contribution < 1.29 is 9.59 Å². The van der Waals surface area contributed by atoms with E-state index in [-0.39, 0.29) is 18.0 Å². The highest BCUT2D eigenvalue weighted by Gasteiger charge is 2.32. The van der Waals surface area contributed by atoms with Crippen molar-refractivity contribution in [3.63, 3.8) is 0 Å². The van der Waals surface area contributed by atoms with E-state index in [2.05, 4.69) is 10.4 Å². The van der Waals surface area contributed by atoms with E-state index in [1.54, 1.807) is 9.58 Å². The van der Waals surface area contributed by atoms with Gasteiger partial charge in [0.15, 0.2) is 0 Å². The average molecular weight is 339 g/mol. The van der Waals surface area contributed by atoms with Crippen LogP contribution in [0.2, 0.25) is 0 Å². The number of hydrogen-bond acceptors (Lipinski definition) is 3. The van der Waals surface area contributed by atoms with Crippen molar-refractivity contribution >= 4 is 17.6 Å². The van der Waals surface area contributed by atoms with Crippen molar-refractivity contribution in [3.8, 4) is 0 Å². The maximum absolute atomic E-state index is 13.1. The van der Waals surface area contributed by atoms with Crippen molar-refractivity contribution in [3.05, 3.63) is 47.8 Å². The van der Waals surface area contributed by atoms with E-state index in [0.29, 0.717) is 18.7 Å². The third-order valence-corrected chi connectivity index (χ3v) is 4.88. The summed E-state index contributed by atoms with van der Waals surface area (Å²) in [4.78, 5) is 28.5. The first-order chi connectivity index (χ1) is 12.1. The number of likely N-dealkylation sites (tertiary alicyclic amines) is 1. The molecule has 0 spiro atoms. The standard InChI is InChI=1S/C18H21N5O2/c1-21-12-14(11-20-21)16-6-3-8-23(16)17(24)13-4-2-5-15(10-13)22-9-7-19-18(22)25/h2,4-5,10-12,16H,3,6-9H2,1H3,(H,19,25)/t16-/m0/s1. The molecule has 2 aromatic rings. The first kappa shape index (κ1) is 15.7. The molecule has 3 heterocycles. The van der Waals surface area contributed by atoms with Gasteiger partial charge in [-0.05, 0) is 31.0 Å². The number of anilines is 1. The minimum Gasteiger partial charge on any atom is -0.336 e. The Morgan fingerprint density at radius 3 is 2.92 bits per heavy atom. The maximum atomic E-state index is 13.1. The second kappa shape index (κ2) is 6.23. The molecule has 4 rings (SSSR count). The number of urea groups is 1. The van der Waals surface area contributed by atoms with Gasteiger partial charge in [-0.2, -0.15) is 5.10 Å². The molecule has 2 fully saturated rings. The Labute approximate surface area is 146 Å². The number of benzene rings is 1. The van der Waals surface area contributed by atoms with Crippen LogP contribution in [0.1, 0.15) is 34.8 Å². The summed E-state index contributed by atoms with van der Waals surface area (Å²) in [6, 6.07) is 7.29. The molecule has 1 aromatic heterocycles. The number of amides is 3. The van der Waals surface area contributed by atoms with Gasteiger partial charge in [-0.25, -0.2) is 4.79 Å². The first-order valence-electron chi connectivity index (χ1n) is 8.58. The predicted octanol–water partition coefficient (Wildman–Crippen LogP) is 1.93. The second-order valence-electron chi connectivity index (χ2n) is 6.54. The molecule has 1 aromatic carbocycles. The van der Waals surface area contributed by atoms with Gasteiger partial charge in [-0.1, -0.05) is 6.07 Å². The van der Waals surface area contributed by atoms with Crippen molar-refractivity contribution in [2.45, 2.75) is 18.9 Å². The minimum absolute atomic E-state index is 0.00723. The molecule has 130 valence electrons. The van der Waals surface area contributed by atoms with Crippen LogP contribution in [-0.4, -0.2) is 46.3 Å². The summed E-state index contributed by atoms with van der Waals surface area (Å²) in [6.07, 6.45) is 5.74. The van der Waals surface area contributed by atoms with Gasteiger partial charge >= 0.3 is 6.03 Å². The lowest BCUT2D eigenvalue weighted by molar-refractivity contribution is 0.0735. The fourth-order valence-corrected chi connectivity index (χ4v) is 3.66. The molecular formula is C18H21N5O2. The van der Waals surface area contributed by atoms with Gasteiger partial charge in [0, 0.05) is 49.7 Å². The molecule has 7 heteroatoms. The van der Waals surface area contributed by atoms with Crippen LogP contribution in [0.25, 0.3) is 0 Å². The fraction of sp³-hybridized carbons (Fsp3) is 0.389. The van der Waals surface area contributed by atoms with E-state index in [0.717, 1.165) is 30.6 Å². The quantitative estimate of drug-likeness (QED) is 0.929. The molecule has 0 unspecified atom stereocenters. The highest BCUT2D eigenvalue weighted by atomic mass is 16.2. The predicted molar refractivity (Wildman–Crippen MR) is 93.4 cm³/mol. The summed E-state index contributed by atoms with van der Waals surface area (Å²) < 4.78 is 1.77. The lowest BCUT2D eigenvalue weighted by atomic mass is 10.1. The Morgan fingerprint density at radius 2 is 2.20 bits per heavy atom. The summed E-state index contributed by atoms with van der Waals surface area (Å²) in [5, 5.41) is 7.02. The van der Waals surface area contributed by atoms with Gasteiger partial charge in [0.2, 0.25) is 0 Å². The highest BCUT2D eigenvalue weighted by molar-refractivity contribution is 5.98. The number of carbonyl (C=O) groups excluding carboxylic acids is 2. The van der Waals surface area contributed by atoms with Gasteiger partial charge in [0.25, 0.3) is 5.91 Å². The van der Waals surface area contributed by atoms with Crippen molar-refractivity contribution in [2.75, 3.05) is 24.5 Å². The third-order valence-electron chi connectivity index (χ3n) is 4.88. The van der Waals surface area contributed by atoms with Crippen LogP contribution in [0.15, 0.2) is 36.7 Å². The number of nitrogens with zero attached hydrogens (tertiary/aromatic N) is 4. The van der Waals surface area contributed by atoms with Crippen molar-refractivity contribution in [1.29, 1.82) is 0 Å². The molecule has 2 aliphatic rings. The molecule has 2 aliphatic heterocycles. The summed E-state index contributed by atoms with van der Waals surface area (Å²) >= 11 is 0. The number of carbonyl (C=O) groups is 2. The van der Waals surface area contributed by atoms with E-state index in [9.17, 15) is 9.59 Å². The van der Waals surface area contributed by atoms with Gasteiger partial charge in [0.05, 0.1) is 12.2 Å². The Hall–Kier alpha value is -2.83. The average Bonchev–Trinajstić information content (AvgIpc) is 3.34. The molecule has 0 radical (unpaired) electrons. The van der Waals surface area contributed by atoms with Gasteiger partial charge in [-0.3, -0.25) is 14.4 Å². The van der Waals surface area contributed by atoms with Crippen LogP contribution in [0, 0.1) is 0 Å². The Balaban J connectivity index is 1.59.